The number of alkyl halides is 3. The van der Waals surface area contributed by atoms with Gasteiger partial charge >= 0.3 is 6.18 Å². The van der Waals surface area contributed by atoms with Crippen molar-refractivity contribution in [2.75, 3.05) is 6.61 Å². The van der Waals surface area contributed by atoms with Crippen LogP contribution >= 0.6 is 0 Å². The lowest BCUT2D eigenvalue weighted by Gasteiger charge is -2.25. The van der Waals surface area contributed by atoms with Gasteiger partial charge in [-0.1, -0.05) is 6.92 Å². The second-order valence-electron chi connectivity index (χ2n) is 6.32. The molecule has 0 spiro atoms. The Kier molecular flexibility index (Phi) is 5.04. The van der Waals surface area contributed by atoms with Gasteiger partial charge in [0.15, 0.2) is 17.3 Å². The first-order valence-corrected chi connectivity index (χ1v) is 8.63. The van der Waals surface area contributed by atoms with Crippen LogP contribution in [0.25, 0.3) is 0 Å². The van der Waals surface area contributed by atoms with Crippen LogP contribution in [0.2, 0.25) is 0 Å². The Hall–Kier alpha value is -2.70. The van der Waals surface area contributed by atoms with Crippen molar-refractivity contribution in [2.45, 2.75) is 39.3 Å². The molecule has 7 heteroatoms. The van der Waals surface area contributed by atoms with E-state index in [9.17, 15) is 23.1 Å². The molecule has 0 aromatic heterocycles. The summed E-state index contributed by atoms with van der Waals surface area (Å²) >= 11 is 0. The second-order valence-corrected chi connectivity index (χ2v) is 6.32. The number of aromatic hydroxyl groups is 1. The standard InChI is InChI=1S/C20H19F3O4/c1-3-14-16(11(2)24)19(18-15(17(14)25)5-4-10-26-18)27-13-8-6-12(7-9-13)20(21,22)23/h6-9,25H,3-5,10H2,1-2H3. The largest absolute Gasteiger partial charge is 0.507 e. The fraction of sp³-hybridized carbons (Fsp3) is 0.350. The molecular formula is C20H19F3O4. The first-order valence-electron chi connectivity index (χ1n) is 8.63. The molecule has 4 nitrogen and oxygen atoms in total. The van der Waals surface area contributed by atoms with E-state index in [1.165, 1.54) is 19.1 Å². The topological polar surface area (TPSA) is 55.8 Å². The number of carbonyl (C=O) groups excluding carboxylic acids is 1. The van der Waals surface area contributed by atoms with Gasteiger partial charge in [0.05, 0.1) is 17.7 Å². The van der Waals surface area contributed by atoms with Crippen molar-refractivity contribution in [1.82, 2.24) is 0 Å². The van der Waals surface area contributed by atoms with E-state index in [0.717, 1.165) is 12.1 Å². The monoisotopic (exact) mass is 380 g/mol. The molecule has 0 saturated carbocycles. The zero-order chi connectivity index (χ0) is 19.8. The third-order valence-corrected chi connectivity index (χ3v) is 4.51. The lowest BCUT2D eigenvalue weighted by Crippen LogP contribution is -2.14. The molecule has 2 aromatic carbocycles. The number of fused-ring (bicyclic) bond motifs is 1. The summed E-state index contributed by atoms with van der Waals surface area (Å²) in [5.74, 6) is 0.278. The van der Waals surface area contributed by atoms with Crippen molar-refractivity contribution in [2.24, 2.45) is 0 Å². The van der Waals surface area contributed by atoms with Gasteiger partial charge in [-0.25, -0.2) is 0 Å². The van der Waals surface area contributed by atoms with Crippen LogP contribution in [0.15, 0.2) is 24.3 Å². The summed E-state index contributed by atoms with van der Waals surface area (Å²) in [6.07, 6.45) is -2.77. The number of ketones is 1. The molecule has 2 aromatic rings. The van der Waals surface area contributed by atoms with Crippen LogP contribution in [-0.4, -0.2) is 17.5 Å². The molecule has 0 saturated heterocycles. The van der Waals surface area contributed by atoms with Crippen LogP contribution in [0, 0.1) is 0 Å². The summed E-state index contributed by atoms with van der Waals surface area (Å²) in [7, 11) is 0. The van der Waals surface area contributed by atoms with Crippen LogP contribution in [0.5, 0.6) is 23.0 Å². The highest BCUT2D eigenvalue weighted by molar-refractivity contribution is 6.00. The summed E-state index contributed by atoms with van der Waals surface area (Å²) < 4.78 is 49.7. The fourth-order valence-corrected chi connectivity index (χ4v) is 3.25. The zero-order valence-corrected chi connectivity index (χ0v) is 14.9. The van der Waals surface area contributed by atoms with Gasteiger partial charge in [0.2, 0.25) is 0 Å². The van der Waals surface area contributed by atoms with Gasteiger partial charge in [-0.2, -0.15) is 13.2 Å². The molecule has 144 valence electrons. The Bertz CT molecular complexity index is 871. The van der Waals surface area contributed by atoms with E-state index >= 15 is 0 Å². The van der Waals surface area contributed by atoms with E-state index in [4.69, 9.17) is 9.47 Å². The van der Waals surface area contributed by atoms with Crippen LogP contribution in [0.1, 0.15) is 47.3 Å². The van der Waals surface area contributed by atoms with Gasteiger partial charge in [-0.15, -0.1) is 0 Å². The van der Waals surface area contributed by atoms with Crippen molar-refractivity contribution in [3.05, 3.63) is 46.5 Å². The maximum Gasteiger partial charge on any atom is 0.416 e. The number of rotatable bonds is 4. The maximum absolute atomic E-state index is 12.8. The third-order valence-electron chi connectivity index (χ3n) is 4.51. The molecule has 1 N–H and O–H groups in total. The first-order chi connectivity index (χ1) is 12.7. The highest BCUT2D eigenvalue weighted by Gasteiger charge is 2.31. The van der Waals surface area contributed by atoms with Crippen molar-refractivity contribution in [1.29, 1.82) is 0 Å². The van der Waals surface area contributed by atoms with Crippen LogP contribution in [0.4, 0.5) is 13.2 Å². The lowest BCUT2D eigenvalue weighted by molar-refractivity contribution is -0.137. The molecule has 0 aliphatic carbocycles. The molecule has 3 rings (SSSR count). The Balaban J connectivity index is 2.12. The summed E-state index contributed by atoms with van der Waals surface area (Å²) in [6.45, 7) is 3.56. The molecule has 0 unspecified atom stereocenters. The number of benzene rings is 2. The number of ether oxygens (including phenoxy) is 2. The average molecular weight is 380 g/mol. The van der Waals surface area contributed by atoms with E-state index < -0.39 is 11.7 Å². The van der Waals surface area contributed by atoms with E-state index in [1.54, 1.807) is 6.92 Å². The highest BCUT2D eigenvalue weighted by atomic mass is 19.4. The number of phenols is 1. The lowest BCUT2D eigenvalue weighted by atomic mass is 9.92. The Morgan fingerprint density at radius 3 is 2.48 bits per heavy atom. The van der Waals surface area contributed by atoms with Crippen LogP contribution in [-0.2, 0) is 19.0 Å². The molecule has 1 heterocycles. The van der Waals surface area contributed by atoms with Gasteiger partial charge in [0.1, 0.15) is 11.5 Å². The van der Waals surface area contributed by atoms with Crippen molar-refractivity contribution < 1.29 is 32.5 Å². The third kappa shape index (κ3) is 3.59. The van der Waals surface area contributed by atoms with Gasteiger partial charge in [-0.3, -0.25) is 4.79 Å². The number of halogens is 3. The predicted octanol–water partition coefficient (Wildman–Crippen LogP) is 5.29. The van der Waals surface area contributed by atoms with E-state index in [2.05, 4.69) is 0 Å². The normalized spacial score (nSPS) is 13.7. The maximum atomic E-state index is 12.8. The molecule has 0 atom stereocenters. The van der Waals surface area contributed by atoms with Gasteiger partial charge < -0.3 is 14.6 Å². The number of hydrogen-bond acceptors (Lipinski definition) is 4. The Morgan fingerprint density at radius 1 is 1.26 bits per heavy atom. The summed E-state index contributed by atoms with van der Waals surface area (Å²) in [6, 6.07) is 4.22. The molecular weight excluding hydrogens is 361 g/mol. The fourth-order valence-electron chi connectivity index (χ4n) is 3.25. The highest BCUT2D eigenvalue weighted by Crippen LogP contribution is 2.48. The summed E-state index contributed by atoms with van der Waals surface area (Å²) in [4.78, 5) is 12.3. The van der Waals surface area contributed by atoms with Gasteiger partial charge in [0.25, 0.3) is 0 Å². The summed E-state index contributed by atoms with van der Waals surface area (Å²) in [5.41, 5.74) is 0.411. The molecule has 0 fully saturated rings. The van der Waals surface area contributed by atoms with Crippen LogP contribution < -0.4 is 9.47 Å². The quantitative estimate of drug-likeness (QED) is 0.732. The summed E-state index contributed by atoms with van der Waals surface area (Å²) in [5, 5.41) is 10.6. The molecule has 0 radical (unpaired) electrons. The SMILES string of the molecule is CCc1c(O)c2c(c(Oc3ccc(C(F)(F)F)cc3)c1C(C)=O)OCCC2. The predicted molar refractivity (Wildman–Crippen MR) is 92.8 cm³/mol. The molecule has 1 aliphatic rings. The first kappa shape index (κ1) is 19.1. The molecule has 0 bridgehead atoms. The van der Waals surface area contributed by atoms with Gasteiger partial charge in [0, 0.05) is 11.1 Å². The molecule has 0 amide bonds. The van der Waals surface area contributed by atoms with Crippen molar-refractivity contribution in [3.63, 3.8) is 0 Å². The smallest absolute Gasteiger partial charge is 0.416 e. The molecule has 1 aliphatic heterocycles. The van der Waals surface area contributed by atoms with Crippen molar-refractivity contribution >= 4 is 5.78 Å². The minimum absolute atomic E-state index is 0.0252. The van der Waals surface area contributed by atoms with E-state index in [-0.39, 0.29) is 34.3 Å². The number of phenolic OH excluding ortho intramolecular Hbond substituents is 1. The number of carbonyl (C=O) groups is 1. The second kappa shape index (κ2) is 7.13. The zero-order valence-electron chi connectivity index (χ0n) is 14.9. The minimum Gasteiger partial charge on any atom is -0.507 e. The average Bonchev–Trinajstić information content (AvgIpc) is 2.63. The van der Waals surface area contributed by atoms with Crippen LogP contribution in [0.3, 0.4) is 0 Å². The van der Waals surface area contributed by atoms with E-state index in [1.807, 2.05) is 0 Å². The number of hydrogen-bond donors (Lipinski definition) is 1. The Morgan fingerprint density at radius 2 is 1.93 bits per heavy atom. The number of Topliss-reactive ketones (excluding diaryl/α,β-unsaturated/α-hetero) is 1. The van der Waals surface area contributed by atoms with Gasteiger partial charge in [-0.05, 0) is 50.5 Å². The minimum atomic E-state index is -4.45. The molecule has 27 heavy (non-hydrogen) atoms. The van der Waals surface area contributed by atoms with Crippen molar-refractivity contribution in [3.8, 4) is 23.0 Å². The Labute approximate surface area is 154 Å². The van der Waals surface area contributed by atoms with E-state index in [0.29, 0.717) is 37.0 Å².